The van der Waals surface area contributed by atoms with E-state index in [9.17, 15) is 18.0 Å². The van der Waals surface area contributed by atoms with Gasteiger partial charge in [-0.15, -0.1) is 0 Å². The Labute approximate surface area is 122 Å². The van der Waals surface area contributed by atoms with Crippen molar-refractivity contribution in [3.63, 3.8) is 0 Å². The number of unbranched alkanes of at least 4 members (excludes halogenated alkanes) is 1. The number of halogens is 3. The zero-order chi connectivity index (χ0) is 15.9. The molecule has 1 aromatic rings. The van der Waals surface area contributed by atoms with Gasteiger partial charge in [0, 0.05) is 12.2 Å². The predicted octanol–water partition coefficient (Wildman–Crippen LogP) is 4.03. The van der Waals surface area contributed by atoms with Crippen molar-refractivity contribution in [3.8, 4) is 0 Å². The van der Waals surface area contributed by atoms with Gasteiger partial charge in [-0.3, -0.25) is 0 Å². The second kappa shape index (κ2) is 7.90. The number of hydrogen-bond acceptors (Lipinski definition) is 3. The number of carbonyl (C=O) groups is 1. The third-order valence-electron chi connectivity index (χ3n) is 2.90. The van der Waals surface area contributed by atoms with Crippen LogP contribution in [0.15, 0.2) is 24.3 Å². The molecule has 118 valence electrons. The van der Waals surface area contributed by atoms with Crippen molar-refractivity contribution in [1.82, 2.24) is 0 Å². The molecule has 0 N–H and O–H groups in total. The van der Waals surface area contributed by atoms with Gasteiger partial charge in [0.25, 0.3) is 0 Å². The molecular formula is C15H20F3NO2. The van der Waals surface area contributed by atoms with Gasteiger partial charge in [-0.2, -0.15) is 13.2 Å². The first-order valence-electron chi connectivity index (χ1n) is 6.96. The summed E-state index contributed by atoms with van der Waals surface area (Å²) in [6, 6.07) is 6.02. The lowest BCUT2D eigenvalue weighted by molar-refractivity contribution is -0.119. The van der Waals surface area contributed by atoms with Crippen LogP contribution in [0.3, 0.4) is 0 Å². The quantitative estimate of drug-likeness (QED) is 0.712. The molecule has 0 aliphatic carbocycles. The lowest BCUT2D eigenvalue weighted by Gasteiger charge is -2.26. The van der Waals surface area contributed by atoms with Crippen molar-refractivity contribution in [2.45, 2.75) is 32.9 Å². The van der Waals surface area contributed by atoms with Crippen molar-refractivity contribution >= 4 is 11.7 Å². The summed E-state index contributed by atoms with van der Waals surface area (Å²) >= 11 is 0. The van der Waals surface area contributed by atoms with Crippen LogP contribution in [0.4, 0.5) is 18.9 Å². The van der Waals surface area contributed by atoms with Gasteiger partial charge in [-0.1, -0.05) is 13.3 Å². The van der Waals surface area contributed by atoms with E-state index >= 15 is 0 Å². The molecule has 0 spiro atoms. The summed E-state index contributed by atoms with van der Waals surface area (Å²) in [5.41, 5.74) is 0.789. The standard InChI is InChI=1S/C15H20F3NO2/c1-3-5-10-19(11-15(16,17)18)13-8-6-12(7-9-13)14(20)21-4-2/h6-9H,3-5,10-11H2,1-2H3. The van der Waals surface area contributed by atoms with E-state index in [1.807, 2.05) is 6.92 Å². The molecule has 0 saturated carbocycles. The number of esters is 1. The lowest BCUT2D eigenvalue weighted by Crippen LogP contribution is -2.35. The lowest BCUT2D eigenvalue weighted by atomic mass is 10.2. The van der Waals surface area contributed by atoms with Gasteiger partial charge in [0.1, 0.15) is 6.54 Å². The Kier molecular flexibility index (Phi) is 6.52. The number of hydrogen-bond donors (Lipinski definition) is 0. The summed E-state index contributed by atoms with van der Waals surface area (Å²) in [5.74, 6) is -0.472. The Hall–Kier alpha value is -1.72. The molecule has 0 atom stereocenters. The van der Waals surface area contributed by atoms with Gasteiger partial charge >= 0.3 is 12.1 Å². The average Bonchev–Trinajstić information content (AvgIpc) is 2.43. The number of ether oxygens (including phenoxy) is 1. The zero-order valence-corrected chi connectivity index (χ0v) is 12.2. The van der Waals surface area contributed by atoms with Crippen LogP contribution in [0.1, 0.15) is 37.0 Å². The smallest absolute Gasteiger partial charge is 0.405 e. The highest BCUT2D eigenvalue weighted by Crippen LogP contribution is 2.23. The molecule has 0 aliphatic rings. The van der Waals surface area contributed by atoms with E-state index in [0.29, 0.717) is 24.2 Å². The van der Waals surface area contributed by atoms with Crippen LogP contribution in [0, 0.1) is 0 Å². The molecule has 0 saturated heterocycles. The van der Waals surface area contributed by atoms with E-state index < -0.39 is 18.7 Å². The van der Waals surface area contributed by atoms with Crippen molar-refractivity contribution in [1.29, 1.82) is 0 Å². The summed E-state index contributed by atoms with van der Waals surface area (Å²) in [4.78, 5) is 12.8. The molecule has 0 aromatic heterocycles. The topological polar surface area (TPSA) is 29.5 Å². The minimum absolute atomic E-state index is 0.261. The van der Waals surface area contributed by atoms with Crippen molar-refractivity contribution < 1.29 is 22.7 Å². The van der Waals surface area contributed by atoms with Gasteiger partial charge in [-0.25, -0.2) is 4.79 Å². The van der Waals surface area contributed by atoms with E-state index in [2.05, 4.69) is 0 Å². The van der Waals surface area contributed by atoms with E-state index in [0.717, 1.165) is 6.42 Å². The highest BCUT2D eigenvalue weighted by Gasteiger charge is 2.30. The number of nitrogens with zero attached hydrogens (tertiary/aromatic N) is 1. The molecule has 6 heteroatoms. The Morgan fingerprint density at radius 3 is 2.29 bits per heavy atom. The maximum atomic E-state index is 12.6. The first kappa shape index (κ1) is 17.3. The second-order valence-corrected chi connectivity index (χ2v) is 4.66. The van der Waals surface area contributed by atoms with E-state index in [-0.39, 0.29) is 6.61 Å². The Bertz CT molecular complexity index is 443. The van der Waals surface area contributed by atoms with Crippen LogP contribution < -0.4 is 4.90 Å². The van der Waals surface area contributed by atoms with Crippen LogP contribution in [0.5, 0.6) is 0 Å². The van der Waals surface area contributed by atoms with Gasteiger partial charge in [0.2, 0.25) is 0 Å². The van der Waals surface area contributed by atoms with Crippen LogP contribution in [0.2, 0.25) is 0 Å². The van der Waals surface area contributed by atoms with Gasteiger partial charge < -0.3 is 9.64 Å². The minimum atomic E-state index is -4.26. The summed E-state index contributed by atoms with van der Waals surface area (Å²) in [7, 11) is 0. The molecule has 21 heavy (non-hydrogen) atoms. The Morgan fingerprint density at radius 2 is 1.81 bits per heavy atom. The normalized spacial score (nSPS) is 11.3. The molecule has 0 fully saturated rings. The number of alkyl halides is 3. The highest BCUT2D eigenvalue weighted by atomic mass is 19.4. The molecular weight excluding hydrogens is 283 g/mol. The largest absolute Gasteiger partial charge is 0.462 e. The number of benzene rings is 1. The summed E-state index contributed by atoms with van der Waals surface area (Å²) in [5, 5.41) is 0. The minimum Gasteiger partial charge on any atom is -0.462 e. The first-order chi connectivity index (χ1) is 9.87. The van der Waals surface area contributed by atoms with Crippen LogP contribution in [-0.2, 0) is 4.74 Å². The van der Waals surface area contributed by atoms with Gasteiger partial charge in [0.05, 0.1) is 12.2 Å². The third kappa shape index (κ3) is 6.06. The molecule has 1 aromatic carbocycles. The fourth-order valence-corrected chi connectivity index (χ4v) is 1.89. The fraction of sp³-hybridized carbons (Fsp3) is 0.533. The Balaban J connectivity index is 2.84. The molecule has 0 unspecified atom stereocenters. The fourth-order valence-electron chi connectivity index (χ4n) is 1.89. The second-order valence-electron chi connectivity index (χ2n) is 4.66. The molecule has 3 nitrogen and oxygen atoms in total. The summed E-state index contributed by atoms with van der Waals surface area (Å²) in [6.07, 6.45) is -2.77. The number of carbonyl (C=O) groups excluding carboxylic acids is 1. The van der Waals surface area contributed by atoms with Crippen LogP contribution >= 0.6 is 0 Å². The predicted molar refractivity (Wildman–Crippen MR) is 75.6 cm³/mol. The third-order valence-corrected chi connectivity index (χ3v) is 2.90. The molecule has 0 radical (unpaired) electrons. The van der Waals surface area contributed by atoms with E-state index in [4.69, 9.17) is 4.74 Å². The van der Waals surface area contributed by atoms with Crippen LogP contribution in [0.25, 0.3) is 0 Å². The highest BCUT2D eigenvalue weighted by molar-refractivity contribution is 5.89. The van der Waals surface area contributed by atoms with E-state index in [1.165, 1.54) is 29.2 Å². The molecule has 0 amide bonds. The molecule has 0 bridgehead atoms. The molecule has 1 rings (SSSR count). The number of anilines is 1. The van der Waals surface area contributed by atoms with E-state index in [1.54, 1.807) is 6.92 Å². The maximum Gasteiger partial charge on any atom is 0.405 e. The number of rotatable bonds is 7. The van der Waals surface area contributed by atoms with Crippen molar-refractivity contribution in [3.05, 3.63) is 29.8 Å². The monoisotopic (exact) mass is 303 g/mol. The first-order valence-corrected chi connectivity index (χ1v) is 6.96. The van der Waals surface area contributed by atoms with Gasteiger partial charge in [-0.05, 0) is 37.6 Å². The average molecular weight is 303 g/mol. The maximum absolute atomic E-state index is 12.6. The summed E-state index contributed by atoms with van der Waals surface area (Å²) < 4.78 is 42.7. The van der Waals surface area contributed by atoms with Crippen molar-refractivity contribution in [2.75, 3.05) is 24.6 Å². The Morgan fingerprint density at radius 1 is 1.19 bits per heavy atom. The SMILES string of the molecule is CCCCN(CC(F)(F)F)c1ccc(C(=O)OCC)cc1. The zero-order valence-electron chi connectivity index (χ0n) is 12.2. The van der Waals surface area contributed by atoms with Crippen LogP contribution in [-0.4, -0.2) is 31.8 Å². The molecule has 0 aliphatic heterocycles. The van der Waals surface area contributed by atoms with Crippen molar-refractivity contribution in [2.24, 2.45) is 0 Å². The van der Waals surface area contributed by atoms with Gasteiger partial charge in [0.15, 0.2) is 0 Å². The summed E-state index contributed by atoms with van der Waals surface area (Å²) in [6.45, 7) is 3.22. The molecule has 0 heterocycles.